The second-order valence-corrected chi connectivity index (χ2v) is 5.38. The predicted octanol–water partition coefficient (Wildman–Crippen LogP) is 2.99. The molecule has 0 aliphatic heterocycles. The summed E-state index contributed by atoms with van der Waals surface area (Å²) in [7, 11) is 0. The van der Waals surface area contributed by atoms with E-state index < -0.39 is 5.60 Å². The zero-order valence-corrected chi connectivity index (χ0v) is 11.3. The first-order valence-electron chi connectivity index (χ1n) is 5.95. The molecule has 0 aromatic heterocycles. The summed E-state index contributed by atoms with van der Waals surface area (Å²) in [6, 6.07) is 3.11. The molecule has 18 heavy (non-hydrogen) atoms. The normalized spacial score (nSPS) is 11.4. The molecule has 1 rings (SSSR count). The SMILES string of the molecule is Cc1c(N)cc(CCC(=O)OC(C)(C)C)cc1F. The first-order valence-corrected chi connectivity index (χ1v) is 5.95. The number of aryl methyl sites for hydroxylation is 1. The van der Waals surface area contributed by atoms with Crippen LogP contribution in [-0.2, 0) is 16.0 Å². The van der Waals surface area contributed by atoms with Gasteiger partial charge in [-0.05, 0) is 51.8 Å². The Hall–Kier alpha value is -1.58. The quantitative estimate of drug-likeness (QED) is 0.665. The highest BCUT2D eigenvalue weighted by Gasteiger charge is 2.16. The minimum Gasteiger partial charge on any atom is -0.460 e. The van der Waals surface area contributed by atoms with Crippen LogP contribution in [0, 0.1) is 12.7 Å². The van der Waals surface area contributed by atoms with Gasteiger partial charge < -0.3 is 10.5 Å². The molecule has 0 fully saturated rings. The fraction of sp³-hybridized carbons (Fsp3) is 0.500. The number of carbonyl (C=O) groups is 1. The van der Waals surface area contributed by atoms with Crippen molar-refractivity contribution in [3.8, 4) is 0 Å². The first kappa shape index (κ1) is 14.5. The predicted molar refractivity (Wildman–Crippen MR) is 69.7 cm³/mol. The fourth-order valence-electron chi connectivity index (χ4n) is 1.54. The average Bonchev–Trinajstić information content (AvgIpc) is 2.20. The molecule has 0 heterocycles. The summed E-state index contributed by atoms with van der Waals surface area (Å²) in [4.78, 5) is 11.5. The maximum atomic E-state index is 13.4. The number of anilines is 1. The monoisotopic (exact) mass is 253 g/mol. The Bertz CT molecular complexity index is 427. The van der Waals surface area contributed by atoms with Gasteiger partial charge in [-0.1, -0.05) is 0 Å². The van der Waals surface area contributed by atoms with Crippen molar-refractivity contribution in [2.75, 3.05) is 5.73 Å². The molecule has 0 amide bonds. The molecule has 0 saturated heterocycles. The van der Waals surface area contributed by atoms with Gasteiger partial charge in [-0.25, -0.2) is 4.39 Å². The number of halogens is 1. The molecule has 0 aliphatic carbocycles. The van der Waals surface area contributed by atoms with Crippen LogP contribution in [0.25, 0.3) is 0 Å². The second kappa shape index (κ2) is 5.38. The van der Waals surface area contributed by atoms with Crippen LogP contribution in [0.4, 0.5) is 10.1 Å². The van der Waals surface area contributed by atoms with Gasteiger partial charge >= 0.3 is 5.97 Å². The number of nitrogens with two attached hydrogens (primary N) is 1. The maximum absolute atomic E-state index is 13.4. The lowest BCUT2D eigenvalue weighted by Gasteiger charge is -2.19. The Balaban J connectivity index is 2.62. The lowest BCUT2D eigenvalue weighted by atomic mass is 10.1. The number of nitrogen functional groups attached to an aromatic ring is 1. The van der Waals surface area contributed by atoms with E-state index in [-0.39, 0.29) is 18.2 Å². The zero-order chi connectivity index (χ0) is 13.9. The molecule has 100 valence electrons. The van der Waals surface area contributed by atoms with E-state index in [1.165, 1.54) is 6.07 Å². The van der Waals surface area contributed by atoms with Crippen LogP contribution in [0.2, 0.25) is 0 Å². The highest BCUT2D eigenvalue weighted by molar-refractivity contribution is 5.70. The van der Waals surface area contributed by atoms with Gasteiger partial charge in [0.15, 0.2) is 0 Å². The van der Waals surface area contributed by atoms with Crippen LogP contribution < -0.4 is 5.73 Å². The van der Waals surface area contributed by atoms with Crippen molar-refractivity contribution in [1.82, 2.24) is 0 Å². The number of ether oxygens (including phenoxy) is 1. The second-order valence-electron chi connectivity index (χ2n) is 5.38. The summed E-state index contributed by atoms with van der Waals surface area (Å²) in [5.74, 6) is -0.628. The van der Waals surface area contributed by atoms with Gasteiger partial charge in [0.05, 0.1) is 0 Å². The van der Waals surface area contributed by atoms with Gasteiger partial charge in [0.2, 0.25) is 0 Å². The highest BCUT2D eigenvalue weighted by Crippen LogP contribution is 2.19. The third-order valence-electron chi connectivity index (χ3n) is 2.48. The van der Waals surface area contributed by atoms with E-state index >= 15 is 0 Å². The largest absolute Gasteiger partial charge is 0.460 e. The van der Waals surface area contributed by atoms with Crippen molar-refractivity contribution in [2.24, 2.45) is 0 Å². The maximum Gasteiger partial charge on any atom is 0.306 e. The molecule has 3 nitrogen and oxygen atoms in total. The Labute approximate surface area is 107 Å². The van der Waals surface area contributed by atoms with Gasteiger partial charge in [-0.2, -0.15) is 0 Å². The van der Waals surface area contributed by atoms with E-state index in [2.05, 4.69) is 0 Å². The summed E-state index contributed by atoms with van der Waals surface area (Å²) in [6.45, 7) is 7.07. The Kier molecular flexibility index (Phi) is 4.33. The Morgan fingerprint density at radius 1 is 1.39 bits per heavy atom. The van der Waals surface area contributed by atoms with Crippen LogP contribution >= 0.6 is 0 Å². The Morgan fingerprint density at radius 2 is 2.00 bits per heavy atom. The average molecular weight is 253 g/mol. The van der Waals surface area contributed by atoms with Crippen LogP contribution in [-0.4, -0.2) is 11.6 Å². The molecule has 0 atom stereocenters. The van der Waals surface area contributed by atoms with E-state index in [1.54, 1.807) is 13.0 Å². The van der Waals surface area contributed by atoms with Crippen molar-refractivity contribution in [1.29, 1.82) is 0 Å². The molecule has 0 spiro atoms. The molecule has 1 aromatic rings. The van der Waals surface area contributed by atoms with E-state index in [9.17, 15) is 9.18 Å². The standard InChI is InChI=1S/C14H20FNO2/c1-9-11(15)7-10(8-12(9)16)5-6-13(17)18-14(2,3)4/h7-8H,5-6,16H2,1-4H3. The molecular weight excluding hydrogens is 233 g/mol. The first-order chi connectivity index (χ1) is 8.19. The summed E-state index contributed by atoms with van der Waals surface area (Å²) in [5.41, 5.74) is 6.74. The number of hydrogen-bond donors (Lipinski definition) is 1. The van der Waals surface area contributed by atoms with Gasteiger partial charge in [-0.15, -0.1) is 0 Å². The highest BCUT2D eigenvalue weighted by atomic mass is 19.1. The van der Waals surface area contributed by atoms with E-state index in [0.717, 1.165) is 0 Å². The summed E-state index contributed by atoms with van der Waals surface area (Å²) >= 11 is 0. The smallest absolute Gasteiger partial charge is 0.306 e. The van der Waals surface area contributed by atoms with E-state index in [0.29, 0.717) is 23.2 Å². The third-order valence-corrected chi connectivity index (χ3v) is 2.48. The van der Waals surface area contributed by atoms with Gasteiger partial charge in [0.25, 0.3) is 0 Å². The lowest BCUT2D eigenvalue weighted by molar-refractivity contribution is -0.154. The molecular formula is C14H20FNO2. The van der Waals surface area contributed by atoms with Crippen LogP contribution in [0.5, 0.6) is 0 Å². The van der Waals surface area contributed by atoms with Gasteiger partial charge in [0, 0.05) is 17.7 Å². The minimum atomic E-state index is -0.491. The molecule has 0 saturated carbocycles. The van der Waals surface area contributed by atoms with Crippen LogP contribution in [0.1, 0.15) is 38.3 Å². The number of rotatable bonds is 3. The minimum absolute atomic E-state index is 0.221. The van der Waals surface area contributed by atoms with Crippen molar-refractivity contribution < 1.29 is 13.9 Å². The molecule has 0 radical (unpaired) electrons. The van der Waals surface area contributed by atoms with Crippen molar-refractivity contribution in [3.05, 3.63) is 29.1 Å². The number of benzene rings is 1. The molecule has 4 heteroatoms. The Morgan fingerprint density at radius 3 is 2.50 bits per heavy atom. The third kappa shape index (κ3) is 4.35. The summed E-state index contributed by atoms with van der Waals surface area (Å²) in [6.07, 6.45) is 0.648. The number of hydrogen-bond acceptors (Lipinski definition) is 3. The van der Waals surface area contributed by atoms with Crippen LogP contribution in [0.3, 0.4) is 0 Å². The van der Waals surface area contributed by atoms with Crippen molar-refractivity contribution in [3.63, 3.8) is 0 Å². The molecule has 0 bridgehead atoms. The number of carbonyl (C=O) groups excluding carboxylic acids is 1. The fourth-order valence-corrected chi connectivity index (χ4v) is 1.54. The molecule has 0 unspecified atom stereocenters. The summed E-state index contributed by atoms with van der Waals surface area (Å²) < 4.78 is 18.6. The van der Waals surface area contributed by atoms with Crippen molar-refractivity contribution in [2.45, 2.75) is 46.1 Å². The molecule has 1 aromatic carbocycles. The topological polar surface area (TPSA) is 52.3 Å². The molecule has 2 N–H and O–H groups in total. The van der Waals surface area contributed by atoms with Crippen molar-refractivity contribution >= 4 is 11.7 Å². The van der Waals surface area contributed by atoms with Gasteiger partial charge in [-0.3, -0.25) is 4.79 Å². The lowest BCUT2D eigenvalue weighted by Crippen LogP contribution is -2.24. The van der Waals surface area contributed by atoms with Crippen LogP contribution in [0.15, 0.2) is 12.1 Å². The van der Waals surface area contributed by atoms with E-state index in [1.807, 2.05) is 20.8 Å². The van der Waals surface area contributed by atoms with Gasteiger partial charge in [0.1, 0.15) is 11.4 Å². The van der Waals surface area contributed by atoms with E-state index in [4.69, 9.17) is 10.5 Å². The summed E-state index contributed by atoms with van der Waals surface area (Å²) in [5, 5.41) is 0. The zero-order valence-electron chi connectivity index (χ0n) is 11.3. The number of esters is 1. The molecule has 0 aliphatic rings.